The molecule has 0 atom stereocenters. The Balaban J connectivity index is 2.17. The molecule has 0 aliphatic heterocycles. The minimum Gasteiger partial charge on any atom is -0.497 e. The number of hydrogen-bond acceptors (Lipinski definition) is 4. The maximum atomic E-state index is 9.06. The van der Waals surface area contributed by atoms with Gasteiger partial charge in [-0.1, -0.05) is 12.1 Å². The van der Waals surface area contributed by atoms with Crippen molar-refractivity contribution in [3.8, 4) is 5.75 Å². The van der Waals surface area contributed by atoms with Gasteiger partial charge in [0.2, 0.25) is 0 Å². The fourth-order valence-corrected chi connectivity index (χ4v) is 1.75. The van der Waals surface area contributed by atoms with Crippen LogP contribution in [0.1, 0.15) is 11.4 Å². The molecule has 5 nitrogen and oxygen atoms in total. The van der Waals surface area contributed by atoms with Crippen molar-refractivity contribution in [2.45, 2.75) is 13.5 Å². The van der Waals surface area contributed by atoms with Crippen molar-refractivity contribution in [2.24, 2.45) is 0 Å². The van der Waals surface area contributed by atoms with Crippen molar-refractivity contribution < 1.29 is 14.8 Å². The number of hydrogen-bond donors (Lipinski definition) is 2. The van der Waals surface area contributed by atoms with Crippen molar-refractivity contribution >= 4 is 12.7 Å². The van der Waals surface area contributed by atoms with Crippen molar-refractivity contribution in [2.75, 3.05) is 7.11 Å². The molecule has 0 unspecified atom stereocenters. The highest BCUT2D eigenvalue weighted by molar-refractivity contribution is 6.57. The van der Waals surface area contributed by atoms with Crippen LogP contribution in [-0.2, 0) is 6.54 Å². The van der Waals surface area contributed by atoms with E-state index in [1.165, 1.54) is 0 Å². The van der Waals surface area contributed by atoms with Crippen LogP contribution < -0.4 is 10.3 Å². The molecule has 0 radical (unpaired) electrons. The maximum absolute atomic E-state index is 9.06. The summed E-state index contributed by atoms with van der Waals surface area (Å²) in [7, 11) is 0.102. The third-order valence-electron chi connectivity index (χ3n) is 2.77. The lowest BCUT2D eigenvalue weighted by Crippen LogP contribution is -2.30. The van der Waals surface area contributed by atoms with E-state index in [1.54, 1.807) is 13.3 Å². The highest BCUT2D eigenvalue weighted by Crippen LogP contribution is 2.12. The third kappa shape index (κ3) is 2.72. The van der Waals surface area contributed by atoms with E-state index in [2.05, 4.69) is 4.98 Å². The number of ether oxygens (including phenoxy) is 1. The number of aryl methyl sites for hydroxylation is 1. The van der Waals surface area contributed by atoms with Crippen molar-refractivity contribution in [1.29, 1.82) is 0 Å². The lowest BCUT2D eigenvalue weighted by atomic mass is 9.87. The van der Waals surface area contributed by atoms with Gasteiger partial charge in [0.25, 0.3) is 0 Å². The van der Waals surface area contributed by atoms with Gasteiger partial charge in [-0.05, 0) is 24.6 Å². The Labute approximate surface area is 106 Å². The quantitative estimate of drug-likeness (QED) is 0.741. The summed E-state index contributed by atoms with van der Waals surface area (Å²) in [5, 5.41) is 18.1. The first-order chi connectivity index (χ1) is 8.60. The average molecular weight is 246 g/mol. The SMILES string of the molecule is COc1ccc(Cn2cc(B(O)O)nc2C)cc1. The number of rotatable bonds is 4. The van der Waals surface area contributed by atoms with Crippen molar-refractivity contribution in [1.82, 2.24) is 9.55 Å². The Kier molecular flexibility index (Phi) is 3.69. The molecular formula is C12H15BN2O3. The Bertz CT molecular complexity index is 523. The minimum absolute atomic E-state index is 0.265. The maximum Gasteiger partial charge on any atom is 0.509 e. The van der Waals surface area contributed by atoms with Gasteiger partial charge in [-0.15, -0.1) is 0 Å². The number of nitrogens with zero attached hydrogens (tertiary/aromatic N) is 2. The molecule has 2 rings (SSSR count). The first kappa shape index (κ1) is 12.7. The van der Waals surface area contributed by atoms with Gasteiger partial charge >= 0.3 is 7.12 Å². The molecular weight excluding hydrogens is 231 g/mol. The fraction of sp³-hybridized carbons (Fsp3) is 0.250. The van der Waals surface area contributed by atoms with E-state index >= 15 is 0 Å². The van der Waals surface area contributed by atoms with Gasteiger partial charge in [-0.2, -0.15) is 0 Å². The molecule has 0 bridgehead atoms. The fourth-order valence-electron chi connectivity index (χ4n) is 1.75. The Morgan fingerprint density at radius 1 is 1.28 bits per heavy atom. The van der Waals surface area contributed by atoms with Crippen LogP contribution in [-0.4, -0.2) is 33.8 Å². The van der Waals surface area contributed by atoms with Gasteiger partial charge < -0.3 is 19.4 Å². The van der Waals surface area contributed by atoms with Gasteiger partial charge in [0.15, 0.2) is 0 Å². The zero-order valence-electron chi connectivity index (χ0n) is 10.4. The van der Waals surface area contributed by atoms with E-state index in [9.17, 15) is 0 Å². The summed E-state index contributed by atoms with van der Waals surface area (Å²) in [6.07, 6.45) is 1.64. The van der Waals surface area contributed by atoms with Crippen LogP contribution in [0.25, 0.3) is 0 Å². The van der Waals surface area contributed by atoms with E-state index < -0.39 is 7.12 Å². The van der Waals surface area contributed by atoms with E-state index in [-0.39, 0.29) is 5.59 Å². The van der Waals surface area contributed by atoms with Crippen molar-refractivity contribution in [3.05, 3.63) is 41.9 Å². The van der Waals surface area contributed by atoms with Crippen LogP contribution >= 0.6 is 0 Å². The molecule has 0 saturated carbocycles. The Morgan fingerprint density at radius 2 is 1.94 bits per heavy atom. The average Bonchev–Trinajstić information content (AvgIpc) is 2.72. The van der Waals surface area contributed by atoms with Crippen molar-refractivity contribution in [3.63, 3.8) is 0 Å². The molecule has 2 aromatic rings. The summed E-state index contributed by atoms with van der Waals surface area (Å²) >= 11 is 0. The minimum atomic E-state index is -1.53. The number of benzene rings is 1. The molecule has 0 fully saturated rings. The van der Waals surface area contributed by atoms with Crippen LogP contribution in [0.2, 0.25) is 0 Å². The van der Waals surface area contributed by atoms with Crippen LogP contribution in [0.5, 0.6) is 5.75 Å². The third-order valence-corrected chi connectivity index (χ3v) is 2.77. The Morgan fingerprint density at radius 3 is 2.44 bits per heavy atom. The van der Waals surface area contributed by atoms with Crippen LogP contribution in [0.3, 0.4) is 0 Å². The molecule has 6 heteroatoms. The van der Waals surface area contributed by atoms with Gasteiger partial charge in [-0.25, -0.2) is 4.98 Å². The summed E-state index contributed by atoms with van der Waals surface area (Å²) in [5.74, 6) is 1.56. The molecule has 0 aliphatic carbocycles. The van der Waals surface area contributed by atoms with E-state index in [1.807, 2.05) is 35.8 Å². The van der Waals surface area contributed by atoms with Gasteiger partial charge in [0.05, 0.1) is 12.7 Å². The van der Waals surface area contributed by atoms with Crippen LogP contribution in [0, 0.1) is 6.92 Å². The van der Waals surface area contributed by atoms with E-state index in [4.69, 9.17) is 14.8 Å². The van der Waals surface area contributed by atoms with Crippen LogP contribution in [0.4, 0.5) is 0 Å². The van der Waals surface area contributed by atoms with E-state index in [0.717, 1.165) is 17.1 Å². The normalized spacial score (nSPS) is 10.4. The summed E-state index contributed by atoms with van der Waals surface area (Å²) in [4.78, 5) is 4.08. The molecule has 18 heavy (non-hydrogen) atoms. The lowest BCUT2D eigenvalue weighted by Gasteiger charge is -2.06. The lowest BCUT2D eigenvalue weighted by molar-refractivity contribution is 0.414. The summed E-state index contributed by atoms with van der Waals surface area (Å²) < 4.78 is 6.97. The topological polar surface area (TPSA) is 67.5 Å². The van der Waals surface area contributed by atoms with E-state index in [0.29, 0.717) is 6.54 Å². The van der Waals surface area contributed by atoms with Gasteiger partial charge in [-0.3, -0.25) is 0 Å². The second-order valence-electron chi connectivity index (χ2n) is 4.06. The standard InChI is InChI=1S/C12H15BN2O3/c1-9-14-12(13(16)17)8-15(9)7-10-3-5-11(18-2)6-4-10/h3-6,8,16-17H,7H2,1-2H3. The predicted molar refractivity (Wildman–Crippen MR) is 68.9 cm³/mol. The number of methoxy groups -OCH3 is 1. The Hall–Kier alpha value is -1.79. The molecule has 94 valence electrons. The molecule has 0 amide bonds. The molecule has 2 N–H and O–H groups in total. The molecule has 1 aromatic heterocycles. The monoisotopic (exact) mass is 246 g/mol. The highest BCUT2D eigenvalue weighted by atomic mass is 16.5. The number of imidazole rings is 1. The molecule has 0 spiro atoms. The first-order valence-electron chi connectivity index (χ1n) is 5.63. The zero-order chi connectivity index (χ0) is 13.1. The molecule has 0 aliphatic rings. The molecule has 1 aromatic carbocycles. The van der Waals surface area contributed by atoms with Gasteiger partial charge in [0.1, 0.15) is 11.6 Å². The largest absolute Gasteiger partial charge is 0.509 e. The zero-order valence-corrected chi connectivity index (χ0v) is 10.4. The van der Waals surface area contributed by atoms with Crippen LogP contribution in [0.15, 0.2) is 30.5 Å². The summed E-state index contributed by atoms with van der Waals surface area (Å²) in [6, 6.07) is 7.72. The van der Waals surface area contributed by atoms with Gasteiger partial charge in [0, 0.05) is 12.7 Å². The second-order valence-corrected chi connectivity index (χ2v) is 4.06. The smallest absolute Gasteiger partial charge is 0.497 e. The first-order valence-corrected chi connectivity index (χ1v) is 5.63. The molecule has 1 heterocycles. The highest BCUT2D eigenvalue weighted by Gasteiger charge is 2.16. The summed E-state index contributed by atoms with van der Waals surface area (Å²) in [5.41, 5.74) is 1.36. The second kappa shape index (κ2) is 5.24. The molecule has 0 saturated heterocycles. The summed E-state index contributed by atoms with van der Waals surface area (Å²) in [6.45, 7) is 2.46. The predicted octanol–water partition coefficient (Wildman–Crippen LogP) is -0.0718. The number of aromatic nitrogens is 2.